The number of H-pyrrole nitrogens is 1. The summed E-state index contributed by atoms with van der Waals surface area (Å²) in [5.74, 6) is 0. The number of benzene rings is 4. The molecule has 1 aliphatic carbocycles. The SMILES string of the molecule is c1ccc2c(c1)Cc1cccc3c1c-2cc1[nH]c2ccccc2c13. The Balaban J connectivity index is 1.91. The number of para-hydroxylation sites is 1. The van der Waals surface area contributed by atoms with E-state index in [2.05, 4.69) is 77.8 Å². The first-order valence-corrected chi connectivity index (χ1v) is 8.43. The molecule has 0 amide bonds. The summed E-state index contributed by atoms with van der Waals surface area (Å²) in [6.45, 7) is 0. The molecule has 24 heavy (non-hydrogen) atoms. The lowest BCUT2D eigenvalue weighted by Crippen LogP contribution is -2.00. The molecule has 0 atom stereocenters. The summed E-state index contributed by atoms with van der Waals surface area (Å²) in [5.41, 5.74) is 8.04. The van der Waals surface area contributed by atoms with Gasteiger partial charge in [0.2, 0.25) is 0 Å². The normalized spacial score (nSPS) is 12.8. The van der Waals surface area contributed by atoms with Crippen LogP contribution in [0.25, 0.3) is 43.7 Å². The van der Waals surface area contributed by atoms with Crippen LogP contribution < -0.4 is 0 Å². The number of aromatic nitrogens is 1. The molecule has 0 radical (unpaired) electrons. The molecule has 0 fully saturated rings. The highest BCUT2D eigenvalue weighted by atomic mass is 14.7. The van der Waals surface area contributed by atoms with Gasteiger partial charge in [-0.05, 0) is 51.6 Å². The van der Waals surface area contributed by atoms with Gasteiger partial charge in [-0.15, -0.1) is 0 Å². The predicted octanol–water partition coefficient (Wildman–Crippen LogP) is 6.05. The van der Waals surface area contributed by atoms with E-state index in [-0.39, 0.29) is 0 Å². The Bertz CT molecular complexity index is 1270. The zero-order valence-electron chi connectivity index (χ0n) is 13.1. The third-order valence-electron chi connectivity index (χ3n) is 5.40. The average molecular weight is 305 g/mol. The molecule has 1 N–H and O–H groups in total. The van der Waals surface area contributed by atoms with Crippen LogP contribution in [0.4, 0.5) is 0 Å². The van der Waals surface area contributed by atoms with Gasteiger partial charge in [-0.3, -0.25) is 0 Å². The molecule has 0 aliphatic heterocycles. The summed E-state index contributed by atoms with van der Waals surface area (Å²) in [4.78, 5) is 3.62. The van der Waals surface area contributed by atoms with Gasteiger partial charge in [0.05, 0.1) is 0 Å². The molecule has 4 aromatic carbocycles. The Hall–Kier alpha value is -3.06. The van der Waals surface area contributed by atoms with Crippen LogP contribution in [0.1, 0.15) is 11.1 Å². The fourth-order valence-corrected chi connectivity index (χ4v) is 4.41. The van der Waals surface area contributed by atoms with Crippen LogP contribution in [0.5, 0.6) is 0 Å². The van der Waals surface area contributed by atoms with E-state index in [0.717, 1.165) is 6.42 Å². The lowest BCUT2D eigenvalue weighted by molar-refractivity contribution is 1.20. The maximum absolute atomic E-state index is 3.62. The van der Waals surface area contributed by atoms with Gasteiger partial charge < -0.3 is 4.98 Å². The Morgan fingerprint density at radius 1 is 0.583 bits per heavy atom. The fraction of sp³-hybridized carbons (Fsp3) is 0.0435. The fourth-order valence-electron chi connectivity index (χ4n) is 4.41. The zero-order valence-corrected chi connectivity index (χ0v) is 13.1. The zero-order chi connectivity index (χ0) is 15.7. The van der Waals surface area contributed by atoms with Crippen molar-refractivity contribution in [3.8, 4) is 11.1 Å². The molecule has 112 valence electrons. The lowest BCUT2D eigenvalue weighted by Gasteiger charge is -2.21. The number of aromatic amines is 1. The van der Waals surface area contributed by atoms with Crippen molar-refractivity contribution in [1.82, 2.24) is 4.98 Å². The van der Waals surface area contributed by atoms with Crippen LogP contribution in [0.2, 0.25) is 0 Å². The van der Waals surface area contributed by atoms with Crippen molar-refractivity contribution in [2.75, 3.05) is 0 Å². The van der Waals surface area contributed by atoms with E-state index in [1.165, 1.54) is 54.8 Å². The molecule has 1 heteroatoms. The highest BCUT2D eigenvalue weighted by Crippen LogP contribution is 2.44. The quantitative estimate of drug-likeness (QED) is 0.352. The molecule has 1 heterocycles. The number of fused-ring (bicyclic) bond motifs is 6. The average Bonchev–Trinajstić information content (AvgIpc) is 3.00. The Morgan fingerprint density at radius 3 is 2.38 bits per heavy atom. The highest BCUT2D eigenvalue weighted by molar-refractivity contribution is 6.24. The largest absolute Gasteiger partial charge is 0.354 e. The van der Waals surface area contributed by atoms with Crippen LogP contribution in [-0.2, 0) is 6.42 Å². The molecule has 1 nitrogen and oxygen atoms in total. The summed E-state index contributed by atoms with van der Waals surface area (Å²) in [6.07, 6.45) is 1.02. The van der Waals surface area contributed by atoms with E-state index in [4.69, 9.17) is 0 Å². The van der Waals surface area contributed by atoms with Crippen molar-refractivity contribution in [2.45, 2.75) is 6.42 Å². The van der Waals surface area contributed by atoms with Gasteiger partial charge >= 0.3 is 0 Å². The number of rotatable bonds is 0. The van der Waals surface area contributed by atoms with Crippen molar-refractivity contribution in [3.05, 3.63) is 83.9 Å². The molecular formula is C23H15N. The van der Waals surface area contributed by atoms with Crippen LogP contribution in [0, 0.1) is 0 Å². The van der Waals surface area contributed by atoms with Gasteiger partial charge in [-0.2, -0.15) is 0 Å². The molecule has 1 aliphatic rings. The van der Waals surface area contributed by atoms with Crippen molar-refractivity contribution < 1.29 is 0 Å². The summed E-state index contributed by atoms with van der Waals surface area (Å²) in [6, 6.07) is 26.5. The van der Waals surface area contributed by atoms with Crippen LogP contribution in [0.3, 0.4) is 0 Å². The Morgan fingerprint density at radius 2 is 1.38 bits per heavy atom. The first-order chi connectivity index (χ1) is 11.9. The van der Waals surface area contributed by atoms with E-state index >= 15 is 0 Å². The summed E-state index contributed by atoms with van der Waals surface area (Å²) in [7, 11) is 0. The molecule has 5 aromatic rings. The Labute approximate surface area is 139 Å². The number of hydrogen-bond donors (Lipinski definition) is 1. The second-order valence-corrected chi connectivity index (χ2v) is 6.69. The van der Waals surface area contributed by atoms with Gasteiger partial charge in [-0.25, -0.2) is 0 Å². The third-order valence-corrected chi connectivity index (χ3v) is 5.40. The topological polar surface area (TPSA) is 15.8 Å². The van der Waals surface area contributed by atoms with Gasteiger partial charge in [0.15, 0.2) is 0 Å². The van der Waals surface area contributed by atoms with E-state index in [1.807, 2.05) is 0 Å². The van der Waals surface area contributed by atoms with Gasteiger partial charge in [0, 0.05) is 21.8 Å². The number of hydrogen-bond acceptors (Lipinski definition) is 0. The first kappa shape index (κ1) is 12.4. The van der Waals surface area contributed by atoms with Crippen LogP contribution >= 0.6 is 0 Å². The number of nitrogens with one attached hydrogen (secondary N) is 1. The minimum Gasteiger partial charge on any atom is -0.354 e. The van der Waals surface area contributed by atoms with Crippen molar-refractivity contribution >= 4 is 32.6 Å². The first-order valence-electron chi connectivity index (χ1n) is 8.43. The van der Waals surface area contributed by atoms with Crippen molar-refractivity contribution in [3.63, 3.8) is 0 Å². The van der Waals surface area contributed by atoms with E-state index in [9.17, 15) is 0 Å². The smallest absolute Gasteiger partial charge is 0.0477 e. The summed E-state index contributed by atoms with van der Waals surface area (Å²) in [5, 5.41) is 5.46. The molecular weight excluding hydrogens is 290 g/mol. The van der Waals surface area contributed by atoms with Crippen LogP contribution in [0.15, 0.2) is 72.8 Å². The second-order valence-electron chi connectivity index (χ2n) is 6.69. The maximum Gasteiger partial charge on any atom is 0.0477 e. The summed E-state index contributed by atoms with van der Waals surface area (Å²) < 4.78 is 0. The third kappa shape index (κ3) is 1.45. The molecule has 1 aromatic heterocycles. The van der Waals surface area contributed by atoms with E-state index in [1.54, 1.807) is 0 Å². The van der Waals surface area contributed by atoms with Gasteiger partial charge in [0.1, 0.15) is 0 Å². The van der Waals surface area contributed by atoms with E-state index < -0.39 is 0 Å². The molecule has 0 saturated heterocycles. The maximum atomic E-state index is 3.62. The summed E-state index contributed by atoms with van der Waals surface area (Å²) >= 11 is 0. The second kappa shape index (κ2) is 4.27. The Kier molecular flexibility index (Phi) is 2.20. The van der Waals surface area contributed by atoms with Crippen LogP contribution in [-0.4, -0.2) is 4.98 Å². The predicted molar refractivity (Wildman–Crippen MR) is 102 cm³/mol. The van der Waals surface area contributed by atoms with Crippen molar-refractivity contribution in [1.29, 1.82) is 0 Å². The minimum atomic E-state index is 1.02. The van der Waals surface area contributed by atoms with Gasteiger partial charge in [-0.1, -0.05) is 60.7 Å². The monoisotopic (exact) mass is 305 g/mol. The van der Waals surface area contributed by atoms with E-state index in [0.29, 0.717) is 0 Å². The molecule has 6 rings (SSSR count). The highest BCUT2D eigenvalue weighted by Gasteiger charge is 2.20. The molecule has 0 saturated carbocycles. The molecule has 0 bridgehead atoms. The standard InChI is InChI=1S/C23H15N/c1-2-8-16-14(6-1)12-15-7-5-10-18-22(15)19(16)13-21-23(18)17-9-3-4-11-20(17)24-21/h1-11,13,24H,12H2. The lowest BCUT2D eigenvalue weighted by atomic mass is 9.82. The van der Waals surface area contributed by atoms with Crippen molar-refractivity contribution in [2.24, 2.45) is 0 Å². The molecule has 0 unspecified atom stereocenters. The minimum absolute atomic E-state index is 1.02. The van der Waals surface area contributed by atoms with Gasteiger partial charge in [0.25, 0.3) is 0 Å². The molecule has 0 spiro atoms.